The minimum atomic E-state index is -0.217. The van der Waals surface area contributed by atoms with E-state index in [9.17, 15) is 5.21 Å². The molecule has 0 bridgehead atoms. The Kier molecular flexibility index (Phi) is 1.75. The van der Waals surface area contributed by atoms with E-state index in [4.69, 9.17) is 5.11 Å². The molecule has 0 saturated carbocycles. The molecule has 0 aliphatic carbocycles. The van der Waals surface area contributed by atoms with Crippen LogP contribution in [0, 0.1) is 5.21 Å². The summed E-state index contributed by atoms with van der Waals surface area (Å²) in [7, 11) is 1.66. The Bertz CT molecular complexity index is 93.2. The molecule has 1 saturated heterocycles. The summed E-state index contributed by atoms with van der Waals surface area (Å²) in [6.07, 6.45) is 1.12. The van der Waals surface area contributed by atoms with Crippen molar-refractivity contribution in [2.75, 3.05) is 20.1 Å². The number of piperidine rings is 1. The van der Waals surface area contributed by atoms with E-state index in [1.807, 2.05) is 0 Å². The van der Waals surface area contributed by atoms with Crippen molar-refractivity contribution in [1.82, 2.24) is 0 Å². The molecule has 1 aliphatic rings. The van der Waals surface area contributed by atoms with Crippen LogP contribution in [0.15, 0.2) is 0 Å². The van der Waals surface area contributed by atoms with Gasteiger partial charge < -0.3 is 15.0 Å². The van der Waals surface area contributed by atoms with Crippen LogP contribution in [0.1, 0.15) is 12.8 Å². The topological polar surface area (TPSA) is 43.3 Å². The van der Waals surface area contributed by atoms with E-state index < -0.39 is 0 Å². The zero-order valence-electron chi connectivity index (χ0n) is 5.71. The summed E-state index contributed by atoms with van der Waals surface area (Å²) in [5.74, 6) is 0. The Morgan fingerprint density at radius 2 is 1.89 bits per heavy atom. The van der Waals surface area contributed by atoms with Crippen LogP contribution < -0.4 is 0 Å². The number of aliphatic hydroxyl groups is 1. The molecule has 1 heterocycles. The van der Waals surface area contributed by atoms with Crippen molar-refractivity contribution in [3.8, 4) is 0 Å². The van der Waals surface area contributed by atoms with Gasteiger partial charge in [-0.15, -0.1) is 0 Å². The second-order valence-electron chi connectivity index (χ2n) is 2.98. The predicted octanol–water partition coefficient (Wildman–Crippen LogP) is 0.0855. The highest BCUT2D eigenvalue weighted by Gasteiger charge is 2.20. The molecule has 0 aromatic heterocycles. The van der Waals surface area contributed by atoms with Gasteiger partial charge in [0.05, 0.1) is 26.2 Å². The second-order valence-corrected chi connectivity index (χ2v) is 2.98. The smallest absolute Gasteiger partial charge is 0.0806 e. The fraction of sp³-hybridized carbons (Fsp3) is 1.00. The maximum Gasteiger partial charge on any atom is 0.0806 e. The van der Waals surface area contributed by atoms with Crippen LogP contribution in [-0.4, -0.2) is 36.0 Å². The summed E-state index contributed by atoms with van der Waals surface area (Å²) in [6, 6.07) is 0. The molecule has 0 unspecified atom stereocenters. The van der Waals surface area contributed by atoms with Gasteiger partial charge in [-0.2, -0.15) is 0 Å². The number of nitrogens with zero attached hydrogens (tertiary/aromatic N) is 1. The second kappa shape index (κ2) is 2.25. The van der Waals surface area contributed by atoms with Gasteiger partial charge in [0.2, 0.25) is 0 Å². The molecule has 0 spiro atoms. The number of hydroxylamine groups is 3. The minimum absolute atomic E-state index is 0.170. The summed E-state index contributed by atoms with van der Waals surface area (Å²) < 4.78 is -0.170. The Labute approximate surface area is 55.1 Å². The number of quaternary nitrogens is 1. The molecule has 1 N–H and O–H groups in total. The molecular weight excluding hydrogens is 118 g/mol. The molecule has 54 valence electrons. The van der Waals surface area contributed by atoms with Crippen molar-refractivity contribution in [2.45, 2.75) is 18.9 Å². The monoisotopic (exact) mass is 131 g/mol. The van der Waals surface area contributed by atoms with Gasteiger partial charge >= 0.3 is 0 Å². The van der Waals surface area contributed by atoms with E-state index in [1.165, 1.54) is 0 Å². The van der Waals surface area contributed by atoms with Gasteiger partial charge in [0, 0.05) is 12.8 Å². The highest BCUT2D eigenvalue weighted by atomic mass is 16.5. The van der Waals surface area contributed by atoms with Crippen molar-refractivity contribution < 1.29 is 9.75 Å². The summed E-state index contributed by atoms with van der Waals surface area (Å²) in [6.45, 7) is 1.14. The number of aliphatic hydroxyl groups excluding tert-OH is 1. The molecule has 3 heteroatoms. The molecule has 1 rings (SSSR count). The van der Waals surface area contributed by atoms with Crippen LogP contribution in [0.5, 0.6) is 0 Å². The lowest BCUT2D eigenvalue weighted by Crippen LogP contribution is -2.45. The first kappa shape index (κ1) is 6.99. The number of rotatable bonds is 0. The highest BCUT2D eigenvalue weighted by Crippen LogP contribution is 2.14. The van der Waals surface area contributed by atoms with E-state index in [2.05, 4.69) is 0 Å². The largest absolute Gasteiger partial charge is 0.633 e. The molecule has 0 atom stereocenters. The van der Waals surface area contributed by atoms with Crippen LogP contribution in [0.3, 0.4) is 0 Å². The highest BCUT2D eigenvalue weighted by molar-refractivity contribution is 4.60. The van der Waals surface area contributed by atoms with E-state index in [-0.39, 0.29) is 10.8 Å². The van der Waals surface area contributed by atoms with Gasteiger partial charge in [-0.05, 0) is 0 Å². The van der Waals surface area contributed by atoms with Gasteiger partial charge in [-0.3, -0.25) is 0 Å². The summed E-state index contributed by atoms with van der Waals surface area (Å²) >= 11 is 0. The van der Waals surface area contributed by atoms with Crippen LogP contribution in [0.4, 0.5) is 0 Å². The fourth-order valence-electron chi connectivity index (χ4n) is 1.10. The summed E-state index contributed by atoms with van der Waals surface area (Å²) in [5, 5.41) is 20.1. The zero-order valence-corrected chi connectivity index (χ0v) is 5.71. The van der Waals surface area contributed by atoms with Crippen molar-refractivity contribution in [3.05, 3.63) is 5.21 Å². The van der Waals surface area contributed by atoms with Crippen LogP contribution in [0.25, 0.3) is 0 Å². The summed E-state index contributed by atoms with van der Waals surface area (Å²) in [5.41, 5.74) is 0. The SMILES string of the molecule is C[N+]1([O-])CCC(O)CC1. The standard InChI is InChI=1S/C6H13NO2/c1-7(9)4-2-6(8)3-5-7/h6,8H,2-5H2,1H3. The lowest BCUT2D eigenvalue weighted by molar-refractivity contribution is -0.866. The molecule has 1 aliphatic heterocycles. The van der Waals surface area contributed by atoms with E-state index in [0.717, 1.165) is 0 Å². The van der Waals surface area contributed by atoms with Gasteiger partial charge in [-0.1, -0.05) is 0 Å². The summed E-state index contributed by atoms with van der Waals surface area (Å²) in [4.78, 5) is 0. The van der Waals surface area contributed by atoms with Gasteiger partial charge in [-0.25, -0.2) is 0 Å². The molecule has 0 aromatic rings. The van der Waals surface area contributed by atoms with Crippen LogP contribution in [0.2, 0.25) is 0 Å². The van der Waals surface area contributed by atoms with Crippen molar-refractivity contribution >= 4 is 0 Å². The number of hydrogen-bond acceptors (Lipinski definition) is 2. The first-order valence-electron chi connectivity index (χ1n) is 3.34. The van der Waals surface area contributed by atoms with E-state index in [1.54, 1.807) is 7.05 Å². The Balaban J connectivity index is 2.35. The predicted molar refractivity (Wildman–Crippen MR) is 34.5 cm³/mol. The van der Waals surface area contributed by atoms with Crippen molar-refractivity contribution in [3.63, 3.8) is 0 Å². The van der Waals surface area contributed by atoms with Gasteiger partial charge in [0.15, 0.2) is 0 Å². The molecular formula is C6H13NO2. The third-order valence-corrected chi connectivity index (χ3v) is 1.87. The Morgan fingerprint density at radius 3 is 2.22 bits per heavy atom. The number of likely N-dealkylation sites (tertiary alicyclic amines) is 1. The van der Waals surface area contributed by atoms with Gasteiger partial charge in [0.25, 0.3) is 0 Å². The maximum absolute atomic E-state index is 11.1. The lowest BCUT2D eigenvalue weighted by Gasteiger charge is -2.42. The molecule has 0 amide bonds. The van der Waals surface area contributed by atoms with E-state index >= 15 is 0 Å². The van der Waals surface area contributed by atoms with Crippen molar-refractivity contribution in [1.29, 1.82) is 0 Å². The van der Waals surface area contributed by atoms with Crippen molar-refractivity contribution in [2.24, 2.45) is 0 Å². The van der Waals surface area contributed by atoms with Crippen LogP contribution in [-0.2, 0) is 0 Å². The molecule has 1 fully saturated rings. The maximum atomic E-state index is 11.1. The van der Waals surface area contributed by atoms with E-state index in [0.29, 0.717) is 25.9 Å². The average molecular weight is 131 g/mol. The fourth-order valence-corrected chi connectivity index (χ4v) is 1.10. The molecule has 9 heavy (non-hydrogen) atoms. The normalized spacial score (nSPS) is 45.0. The zero-order chi connectivity index (χ0) is 6.91. The number of hydrogen-bond donors (Lipinski definition) is 1. The third-order valence-electron chi connectivity index (χ3n) is 1.87. The quantitative estimate of drug-likeness (QED) is 0.374. The first-order valence-corrected chi connectivity index (χ1v) is 3.34. The Morgan fingerprint density at radius 1 is 1.44 bits per heavy atom. The average Bonchev–Trinajstić information content (AvgIpc) is 1.78. The van der Waals surface area contributed by atoms with Gasteiger partial charge in [0.1, 0.15) is 0 Å². The Hall–Kier alpha value is -0.120. The van der Waals surface area contributed by atoms with Crippen LogP contribution >= 0.6 is 0 Å². The molecule has 0 radical (unpaired) electrons. The third kappa shape index (κ3) is 1.93. The minimum Gasteiger partial charge on any atom is -0.633 e. The lowest BCUT2D eigenvalue weighted by atomic mass is 10.1. The molecule has 0 aromatic carbocycles. The first-order chi connectivity index (χ1) is 4.10. The molecule has 3 nitrogen and oxygen atoms in total.